The van der Waals surface area contributed by atoms with Gasteiger partial charge < -0.3 is 15.4 Å². The summed E-state index contributed by atoms with van der Waals surface area (Å²) in [5, 5.41) is 9.98. The molecule has 1 aliphatic carbocycles. The lowest BCUT2D eigenvalue weighted by atomic mass is 9.96. The molecule has 0 spiro atoms. The van der Waals surface area contributed by atoms with Crippen LogP contribution in [0.1, 0.15) is 83.3 Å². The van der Waals surface area contributed by atoms with Gasteiger partial charge in [0.05, 0.1) is 9.35 Å². The summed E-state index contributed by atoms with van der Waals surface area (Å²) in [6.07, 6.45) is 7.30. The molecule has 1 aliphatic heterocycles. The van der Waals surface area contributed by atoms with Crippen molar-refractivity contribution >= 4 is 55.6 Å². The molecule has 0 saturated carbocycles. The van der Waals surface area contributed by atoms with Crippen molar-refractivity contribution in [2.75, 3.05) is 11.9 Å². The van der Waals surface area contributed by atoms with E-state index in [9.17, 15) is 9.59 Å². The van der Waals surface area contributed by atoms with Crippen molar-refractivity contribution in [2.24, 2.45) is 0 Å². The number of hydrogen-bond donors (Lipinski definition) is 3. The first-order valence-corrected chi connectivity index (χ1v) is 14.1. The van der Waals surface area contributed by atoms with E-state index in [-0.39, 0.29) is 12.0 Å². The summed E-state index contributed by atoms with van der Waals surface area (Å²) < 4.78 is 6.80. The highest BCUT2D eigenvalue weighted by atomic mass is 79.9. The third-order valence-corrected chi connectivity index (χ3v) is 9.15. The number of amides is 2. The van der Waals surface area contributed by atoms with Crippen molar-refractivity contribution in [1.82, 2.24) is 10.6 Å². The first-order valence-electron chi connectivity index (χ1n) is 11.7. The first-order chi connectivity index (χ1) is 15.7. The van der Waals surface area contributed by atoms with Gasteiger partial charge in [0.2, 0.25) is 0 Å². The smallest absolute Gasteiger partial charge is 0.341 e. The topological polar surface area (TPSA) is 79.5 Å². The predicted molar refractivity (Wildman–Crippen MR) is 139 cm³/mol. The molecule has 0 atom stereocenters. The molecule has 2 aromatic heterocycles. The summed E-state index contributed by atoms with van der Waals surface area (Å²) >= 11 is 6.92. The van der Waals surface area contributed by atoms with E-state index in [0.717, 1.165) is 60.1 Å². The third kappa shape index (κ3) is 5.99. The van der Waals surface area contributed by atoms with E-state index in [2.05, 4.69) is 31.9 Å². The molecule has 3 heterocycles. The average Bonchev–Trinajstić information content (AvgIpc) is 3.21. The van der Waals surface area contributed by atoms with E-state index in [4.69, 9.17) is 4.74 Å². The largest absolute Gasteiger partial charge is 0.456 e. The molecule has 0 bridgehead atoms. The predicted octanol–water partition coefficient (Wildman–Crippen LogP) is 6.15. The number of thiophene rings is 2. The van der Waals surface area contributed by atoms with Crippen LogP contribution < -0.4 is 16.0 Å². The molecule has 0 fully saturated rings. The molecule has 4 rings (SSSR count). The Kier molecular flexibility index (Phi) is 7.83. The Morgan fingerprint density at radius 3 is 2.55 bits per heavy atom. The number of nitrogens with one attached hydrogen (secondary N) is 3. The normalized spacial score (nSPS) is 16.2. The molecule has 3 N–H and O–H groups in total. The van der Waals surface area contributed by atoms with Gasteiger partial charge in [-0.3, -0.25) is 5.32 Å². The van der Waals surface area contributed by atoms with Gasteiger partial charge in [0.25, 0.3) is 0 Å². The lowest BCUT2D eigenvalue weighted by molar-refractivity contribution is 0.00700. The number of halogens is 1. The molecule has 0 unspecified atom stereocenters. The zero-order valence-electron chi connectivity index (χ0n) is 19.5. The fourth-order valence-corrected chi connectivity index (χ4v) is 7.71. The van der Waals surface area contributed by atoms with Crippen LogP contribution in [0.2, 0.25) is 0 Å². The molecule has 33 heavy (non-hydrogen) atoms. The summed E-state index contributed by atoms with van der Waals surface area (Å²) in [4.78, 5) is 28.6. The number of esters is 1. The van der Waals surface area contributed by atoms with Gasteiger partial charge in [0.15, 0.2) is 0 Å². The Morgan fingerprint density at radius 1 is 1.03 bits per heavy atom. The third-order valence-electron chi connectivity index (χ3n) is 5.92. The van der Waals surface area contributed by atoms with Gasteiger partial charge in [0.1, 0.15) is 10.6 Å². The zero-order chi connectivity index (χ0) is 23.6. The molecule has 0 saturated heterocycles. The highest BCUT2D eigenvalue weighted by molar-refractivity contribution is 9.11. The van der Waals surface area contributed by atoms with Crippen LogP contribution in [0, 0.1) is 0 Å². The molecule has 2 amide bonds. The van der Waals surface area contributed by atoms with Gasteiger partial charge in [-0.2, -0.15) is 0 Å². The first kappa shape index (κ1) is 24.7. The Labute approximate surface area is 212 Å². The lowest BCUT2D eigenvalue weighted by Crippen LogP contribution is -2.30. The fourth-order valence-electron chi connectivity index (χ4n) is 4.41. The Hall–Kier alpha value is -1.42. The van der Waals surface area contributed by atoms with E-state index in [0.29, 0.717) is 17.1 Å². The van der Waals surface area contributed by atoms with Crippen LogP contribution in [-0.4, -0.2) is 24.1 Å². The molecule has 2 aliphatic rings. The second-order valence-electron chi connectivity index (χ2n) is 9.61. The zero-order valence-corrected chi connectivity index (χ0v) is 22.7. The molecular formula is C24H32BrN3O3S2. The number of carbonyl (C=O) groups excluding carboxylic acids is 2. The SMILES string of the molecule is CC(C)(C)OC(=O)c1c(NC(=O)NCc2c(Br)sc3c2CCNC3)sc2c1CCCCCC2. The van der Waals surface area contributed by atoms with Crippen LogP contribution in [0.15, 0.2) is 3.79 Å². The number of carbonyl (C=O) groups is 2. The minimum atomic E-state index is -0.591. The van der Waals surface area contributed by atoms with Gasteiger partial charge in [-0.15, -0.1) is 22.7 Å². The van der Waals surface area contributed by atoms with Crippen molar-refractivity contribution in [3.63, 3.8) is 0 Å². The van der Waals surface area contributed by atoms with Crippen molar-refractivity contribution in [1.29, 1.82) is 0 Å². The van der Waals surface area contributed by atoms with E-state index in [1.54, 1.807) is 11.3 Å². The molecular weight excluding hydrogens is 522 g/mol. The molecule has 2 aromatic rings. The number of anilines is 1. The molecule has 0 aromatic carbocycles. The van der Waals surface area contributed by atoms with Gasteiger partial charge in [-0.05, 0) is 92.0 Å². The van der Waals surface area contributed by atoms with Crippen LogP contribution in [0.4, 0.5) is 9.80 Å². The Balaban J connectivity index is 1.53. The van der Waals surface area contributed by atoms with Gasteiger partial charge in [-0.1, -0.05) is 12.8 Å². The van der Waals surface area contributed by atoms with E-state index in [1.807, 2.05) is 20.8 Å². The van der Waals surface area contributed by atoms with E-state index >= 15 is 0 Å². The van der Waals surface area contributed by atoms with Crippen LogP contribution >= 0.6 is 38.6 Å². The van der Waals surface area contributed by atoms with E-state index < -0.39 is 5.60 Å². The molecule has 6 nitrogen and oxygen atoms in total. The Bertz CT molecular complexity index is 1040. The van der Waals surface area contributed by atoms with Crippen molar-refractivity contribution in [3.05, 3.63) is 35.8 Å². The van der Waals surface area contributed by atoms with Crippen LogP contribution in [-0.2, 0) is 37.1 Å². The van der Waals surface area contributed by atoms with Crippen molar-refractivity contribution in [2.45, 2.75) is 84.4 Å². The van der Waals surface area contributed by atoms with Crippen molar-refractivity contribution in [3.8, 4) is 0 Å². The van der Waals surface area contributed by atoms with Crippen molar-refractivity contribution < 1.29 is 14.3 Å². The van der Waals surface area contributed by atoms with Crippen LogP contribution in [0.5, 0.6) is 0 Å². The maximum atomic E-state index is 13.1. The van der Waals surface area contributed by atoms with Gasteiger partial charge in [-0.25, -0.2) is 9.59 Å². The summed E-state index contributed by atoms with van der Waals surface area (Å²) in [5.41, 5.74) is 3.50. The second kappa shape index (κ2) is 10.5. The van der Waals surface area contributed by atoms with Gasteiger partial charge >= 0.3 is 12.0 Å². The molecule has 0 radical (unpaired) electrons. The number of fused-ring (bicyclic) bond motifs is 2. The minimum Gasteiger partial charge on any atom is -0.456 e. The summed E-state index contributed by atoms with van der Waals surface area (Å²) in [7, 11) is 0. The van der Waals surface area contributed by atoms with Crippen LogP contribution in [0.3, 0.4) is 0 Å². The number of rotatable bonds is 4. The number of urea groups is 1. The van der Waals surface area contributed by atoms with Crippen LogP contribution in [0.25, 0.3) is 0 Å². The van der Waals surface area contributed by atoms with E-state index in [1.165, 1.54) is 39.5 Å². The summed E-state index contributed by atoms with van der Waals surface area (Å²) in [5.74, 6) is -0.349. The Morgan fingerprint density at radius 2 is 1.79 bits per heavy atom. The summed E-state index contributed by atoms with van der Waals surface area (Å²) in [6.45, 7) is 7.90. The number of ether oxygens (including phenoxy) is 1. The molecule has 9 heteroatoms. The standard InChI is InChI=1S/C24H32BrN3O3S2/c1-24(2,3)31-22(29)19-15-8-6-4-5-7-9-17(15)33-21(19)28-23(30)27-12-16-14-10-11-26-13-18(14)32-20(16)25/h26H,4-13H2,1-3H3,(H2,27,28,30). The fraction of sp³-hybridized carbons (Fsp3) is 0.583. The minimum absolute atomic E-state index is 0.296. The highest BCUT2D eigenvalue weighted by Crippen LogP contribution is 2.38. The second-order valence-corrected chi connectivity index (χ2v) is 13.1. The number of hydrogen-bond acceptors (Lipinski definition) is 6. The lowest BCUT2D eigenvalue weighted by Gasteiger charge is -2.21. The maximum absolute atomic E-state index is 13.1. The maximum Gasteiger partial charge on any atom is 0.341 e. The van der Waals surface area contributed by atoms with Gasteiger partial charge in [0, 0.05) is 22.8 Å². The monoisotopic (exact) mass is 553 g/mol. The average molecular weight is 555 g/mol. The quantitative estimate of drug-likeness (QED) is 0.396. The molecule has 180 valence electrons. The highest BCUT2D eigenvalue weighted by Gasteiger charge is 2.29. The summed E-state index contributed by atoms with van der Waals surface area (Å²) in [6, 6.07) is -0.296. The number of aryl methyl sites for hydroxylation is 1.